The second kappa shape index (κ2) is 5.34. The van der Waals surface area contributed by atoms with E-state index in [1.165, 1.54) is 0 Å². The molecule has 110 valence electrons. The first-order valence-corrected chi connectivity index (χ1v) is 7.11. The van der Waals surface area contributed by atoms with Crippen molar-refractivity contribution in [3.8, 4) is 0 Å². The lowest BCUT2D eigenvalue weighted by Gasteiger charge is -2.59. The van der Waals surface area contributed by atoms with Crippen molar-refractivity contribution >= 4 is 17.5 Å². The van der Waals surface area contributed by atoms with Gasteiger partial charge < -0.3 is 10.1 Å². The van der Waals surface area contributed by atoms with Crippen molar-refractivity contribution < 1.29 is 9.53 Å². The number of aromatic nitrogens is 1. The van der Waals surface area contributed by atoms with Crippen LogP contribution in [0.25, 0.3) is 0 Å². The van der Waals surface area contributed by atoms with Gasteiger partial charge in [0, 0.05) is 24.8 Å². The number of carbonyl (C=O) groups excluding carboxylic acids is 1. The Morgan fingerprint density at radius 2 is 2.20 bits per heavy atom. The molecule has 1 amide bonds. The first kappa shape index (κ1) is 15.3. The number of nitrogens with one attached hydrogen (secondary N) is 1. The fraction of sp³-hybridized carbons (Fsp3) is 0.600. The molecule has 2 atom stereocenters. The minimum Gasteiger partial charge on any atom is -0.378 e. The van der Waals surface area contributed by atoms with Gasteiger partial charge in [-0.15, -0.1) is 0 Å². The molecule has 0 aliphatic heterocycles. The summed E-state index contributed by atoms with van der Waals surface area (Å²) in [5.41, 5.74) is 0.612. The van der Waals surface area contributed by atoms with E-state index in [1.54, 1.807) is 19.4 Å². The molecule has 1 aromatic heterocycles. The molecular weight excluding hydrogens is 276 g/mol. The molecule has 20 heavy (non-hydrogen) atoms. The fourth-order valence-corrected chi connectivity index (χ4v) is 2.78. The van der Waals surface area contributed by atoms with E-state index in [4.69, 9.17) is 16.3 Å². The van der Waals surface area contributed by atoms with Gasteiger partial charge in [0.1, 0.15) is 5.15 Å². The number of ether oxygens (including phenoxy) is 1. The summed E-state index contributed by atoms with van der Waals surface area (Å²) in [4.78, 5) is 16.1. The van der Waals surface area contributed by atoms with Crippen LogP contribution < -0.4 is 5.32 Å². The molecule has 0 saturated heterocycles. The Labute approximate surface area is 124 Å². The van der Waals surface area contributed by atoms with E-state index in [9.17, 15) is 4.79 Å². The second-order valence-corrected chi connectivity index (χ2v) is 6.53. The standard InChI is InChI=1S/C15H21ClN2O2/c1-14(2)11(8-15(14,3)20-4)18-13(19)7-10-5-6-12(16)17-9-10/h5-6,9,11H,7-8H2,1-4H3,(H,18,19)/t11-,15-/m1/s1. The van der Waals surface area contributed by atoms with Crippen molar-refractivity contribution in [1.82, 2.24) is 10.3 Å². The third-order valence-corrected chi connectivity index (χ3v) is 4.99. The third-order valence-electron chi connectivity index (χ3n) is 4.77. The number of rotatable bonds is 4. The molecule has 1 N–H and O–H groups in total. The highest BCUT2D eigenvalue weighted by atomic mass is 35.5. The van der Waals surface area contributed by atoms with Crippen LogP contribution in [0.3, 0.4) is 0 Å². The lowest BCUT2D eigenvalue weighted by atomic mass is 9.56. The zero-order valence-corrected chi connectivity index (χ0v) is 13.1. The van der Waals surface area contributed by atoms with E-state index in [-0.39, 0.29) is 23.0 Å². The molecule has 0 unspecified atom stereocenters. The molecule has 1 aromatic rings. The predicted molar refractivity (Wildman–Crippen MR) is 78.7 cm³/mol. The summed E-state index contributed by atoms with van der Waals surface area (Å²) in [6.45, 7) is 6.32. The largest absolute Gasteiger partial charge is 0.378 e. The Balaban J connectivity index is 1.92. The van der Waals surface area contributed by atoms with Crippen LogP contribution in [0.2, 0.25) is 5.15 Å². The van der Waals surface area contributed by atoms with Gasteiger partial charge in [-0.3, -0.25) is 4.79 Å². The summed E-state index contributed by atoms with van der Waals surface area (Å²) in [5, 5.41) is 3.51. The van der Waals surface area contributed by atoms with E-state index < -0.39 is 0 Å². The van der Waals surface area contributed by atoms with Crippen molar-refractivity contribution in [2.45, 2.75) is 45.3 Å². The smallest absolute Gasteiger partial charge is 0.224 e. The van der Waals surface area contributed by atoms with E-state index in [2.05, 4.69) is 31.1 Å². The van der Waals surface area contributed by atoms with Crippen LogP contribution in [0.15, 0.2) is 18.3 Å². The molecule has 4 nitrogen and oxygen atoms in total. The van der Waals surface area contributed by atoms with Gasteiger partial charge >= 0.3 is 0 Å². The van der Waals surface area contributed by atoms with Crippen LogP contribution in [0.5, 0.6) is 0 Å². The lowest BCUT2D eigenvalue weighted by molar-refractivity contribution is -0.182. The van der Waals surface area contributed by atoms with Crippen LogP contribution in [0.4, 0.5) is 0 Å². The Kier molecular flexibility index (Phi) is 4.07. The first-order chi connectivity index (χ1) is 9.28. The molecule has 0 aromatic carbocycles. The number of hydrogen-bond donors (Lipinski definition) is 1. The Bertz CT molecular complexity index is 501. The van der Waals surface area contributed by atoms with Crippen LogP contribution in [-0.2, 0) is 16.0 Å². The molecule has 0 bridgehead atoms. The second-order valence-electron chi connectivity index (χ2n) is 6.15. The summed E-state index contributed by atoms with van der Waals surface area (Å²) in [6, 6.07) is 3.65. The lowest BCUT2D eigenvalue weighted by Crippen LogP contribution is -2.68. The van der Waals surface area contributed by atoms with E-state index in [0.29, 0.717) is 11.6 Å². The van der Waals surface area contributed by atoms with E-state index >= 15 is 0 Å². The van der Waals surface area contributed by atoms with Gasteiger partial charge in [-0.25, -0.2) is 4.98 Å². The third kappa shape index (κ3) is 2.67. The Morgan fingerprint density at radius 3 is 2.70 bits per heavy atom. The maximum atomic E-state index is 12.1. The Morgan fingerprint density at radius 1 is 1.50 bits per heavy atom. The van der Waals surface area contributed by atoms with Crippen LogP contribution in [0.1, 0.15) is 32.8 Å². The van der Waals surface area contributed by atoms with Crippen molar-refractivity contribution in [2.75, 3.05) is 7.11 Å². The number of carbonyl (C=O) groups is 1. The van der Waals surface area contributed by atoms with Gasteiger partial charge in [-0.2, -0.15) is 0 Å². The molecule has 2 rings (SSSR count). The number of nitrogens with zero attached hydrogens (tertiary/aromatic N) is 1. The highest BCUT2D eigenvalue weighted by molar-refractivity contribution is 6.29. The minimum atomic E-state index is -0.174. The number of pyridine rings is 1. The summed E-state index contributed by atoms with van der Waals surface area (Å²) in [7, 11) is 1.72. The van der Waals surface area contributed by atoms with Crippen molar-refractivity contribution in [3.63, 3.8) is 0 Å². The number of amides is 1. The van der Waals surface area contributed by atoms with Gasteiger partial charge in [0.2, 0.25) is 5.91 Å². The van der Waals surface area contributed by atoms with Gasteiger partial charge in [0.25, 0.3) is 0 Å². The van der Waals surface area contributed by atoms with Crippen LogP contribution in [-0.4, -0.2) is 29.6 Å². The van der Waals surface area contributed by atoms with Crippen LogP contribution in [0, 0.1) is 5.41 Å². The monoisotopic (exact) mass is 296 g/mol. The summed E-state index contributed by atoms with van der Waals surface area (Å²) in [5.74, 6) is 0.00495. The summed E-state index contributed by atoms with van der Waals surface area (Å²) < 4.78 is 5.56. The maximum Gasteiger partial charge on any atom is 0.224 e. The molecule has 0 spiro atoms. The highest BCUT2D eigenvalue weighted by Gasteiger charge is 2.58. The highest BCUT2D eigenvalue weighted by Crippen LogP contribution is 2.51. The van der Waals surface area contributed by atoms with E-state index in [1.807, 2.05) is 6.07 Å². The number of halogens is 1. The molecule has 1 heterocycles. The topological polar surface area (TPSA) is 51.2 Å². The molecule has 1 saturated carbocycles. The minimum absolute atomic E-state index is 0.00495. The molecule has 5 heteroatoms. The molecular formula is C15H21ClN2O2. The number of methoxy groups -OCH3 is 1. The van der Waals surface area contributed by atoms with Crippen molar-refractivity contribution in [2.24, 2.45) is 5.41 Å². The Hall–Kier alpha value is -1.13. The van der Waals surface area contributed by atoms with Crippen molar-refractivity contribution in [3.05, 3.63) is 29.0 Å². The average Bonchev–Trinajstić information content (AvgIpc) is 2.40. The number of hydrogen-bond acceptors (Lipinski definition) is 3. The molecule has 0 radical (unpaired) electrons. The quantitative estimate of drug-likeness (QED) is 0.869. The van der Waals surface area contributed by atoms with Gasteiger partial charge in [-0.1, -0.05) is 31.5 Å². The van der Waals surface area contributed by atoms with Crippen LogP contribution >= 0.6 is 11.6 Å². The fourth-order valence-electron chi connectivity index (χ4n) is 2.66. The zero-order valence-electron chi connectivity index (χ0n) is 12.4. The van der Waals surface area contributed by atoms with Gasteiger partial charge in [0.15, 0.2) is 0 Å². The molecule has 1 fully saturated rings. The average molecular weight is 297 g/mol. The molecule has 1 aliphatic rings. The van der Waals surface area contributed by atoms with E-state index in [0.717, 1.165) is 12.0 Å². The van der Waals surface area contributed by atoms with Gasteiger partial charge in [0.05, 0.1) is 12.0 Å². The maximum absolute atomic E-state index is 12.1. The normalized spacial score (nSPS) is 27.8. The zero-order chi connectivity index (χ0) is 15.0. The summed E-state index contributed by atoms with van der Waals surface area (Å²) in [6.07, 6.45) is 2.79. The SMILES string of the molecule is CO[C@]1(C)C[C@@H](NC(=O)Cc2ccc(Cl)nc2)C1(C)C. The first-order valence-electron chi connectivity index (χ1n) is 6.73. The summed E-state index contributed by atoms with van der Waals surface area (Å²) >= 11 is 5.72. The van der Waals surface area contributed by atoms with Gasteiger partial charge in [-0.05, 0) is 25.0 Å². The predicted octanol–water partition coefficient (Wildman–Crippen LogP) is 2.60. The van der Waals surface area contributed by atoms with Crippen molar-refractivity contribution in [1.29, 1.82) is 0 Å². The molecule has 1 aliphatic carbocycles.